The molecule has 0 bridgehead atoms. The summed E-state index contributed by atoms with van der Waals surface area (Å²) in [5.74, 6) is -0.109. The maximum Gasteiger partial charge on any atom is 0.317 e. The molecule has 8 heteroatoms. The van der Waals surface area contributed by atoms with E-state index >= 15 is 0 Å². The van der Waals surface area contributed by atoms with Crippen LogP contribution in [0.2, 0.25) is 0 Å². The molecule has 3 aromatic rings. The summed E-state index contributed by atoms with van der Waals surface area (Å²) in [4.78, 5) is 42.1. The van der Waals surface area contributed by atoms with Crippen molar-refractivity contribution in [3.8, 4) is 0 Å². The first kappa shape index (κ1) is 22.0. The van der Waals surface area contributed by atoms with Crippen molar-refractivity contribution in [3.05, 3.63) is 80.4 Å². The molecule has 0 radical (unpaired) electrons. The van der Waals surface area contributed by atoms with E-state index in [0.717, 1.165) is 38.3 Å². The fraction of sp³-hybridized carbons (Fsp3) is 0.375. The topological polar surface area (TPSA) is 79.6 Å². The predicted octanol–water partition coefficient (Wildman–Crippen LogP) is 0.726. The standard InChI is InChI=1S/C24H29N5O3/c1-26-13-15-28(16-14-26)12-11-25-22(30)19-9-7-18(8-10-19)17-29-21-6-4-3-5-20(21)27(2)23(31)24(29)32/h3-10H,11-17H2,1-2H3,(H,25,30). The number of amides is 1. The van der Waals surface area contributed by atoms with E-state index in [0.29, 0.717) is 23.1 Å². The second-order valence-corrected chi connectivity index (χ2v) is 8.34. The zero-order chi connectivity index (χ0) is 22.7. The first-order valence-electron chi connectivity index (χ1n) is 10.9. The molecular weight excluding hydrogens is 406 g/mol. The summed E-state index contributed by atoms with van der Waals surface area (Å²) in [6, 6.07) is 14.5. The van der Waals surface area contributed by atoms with Gasteiger partial charge in [0.15, 0.2) is 0 Å². The van der Waals surface area contributed by atoms with Crippen LogP contribution in [-0.4, -0.2) is 71.2 Å². The molecule has 0 spiro atoms. The van der Waals surface area contributed by atoms with Gasteiger partial charge in [-0.05, 0) is 36.9 Å². The lowest BCUT2D eigenvalue weighted by molar-refractivity contribution is 0.0941. The maximum atomic E-state index is 12.6. The molecule has 4 rings (SSSR count). The third-order valence-corrected chi connectivity index (χ3v) is 6.13. The molecule has 0 aliphatic carbocycles. The molecule has 2 heterocycles. The van der Waals surface area contributed by atoms with Crippen LogP contribution in [0.5, 0.6) is 0 Å². The van der Waals surface area contributed by atoms with Gasteiger partial charge in [-0.1, -0.05) is 24.3 Å². The van der Waals surface area contributed by atoms with Crippen LogP contribution in [0.4, 0.5) is 0 Å². The van der Waals surface area contributed by atoms with E-state index in [1.165, 1.54) is 9.13 Å². The number of hydrogen-bond acceptors (Lipinski definition) is 5. The number of carbonyl (C=O) groups is 1. The number of hydrogen-bond donors (Lipinski definition) is 1. The van der Waals surface area contributed by atoms with Gasteiger partial charge in [-0.2, -0.15) is 0 Å². The Kier molecular flexibility index (Phi) is 6.53. The fourth-order valence-electron chi connectivity index (χ4n) is 4.06. The number of aromatic nitrogens is 2. The van der Waals surface area contributed by atoms with Gasteiger partial charge in [-0.25, -0.2) is 0 Å². The van der Waals surface area contributed by atoms with Crippen LogP contribution in [0.15, 0.2) is 58.1 Å². The third kappa shape index (κ3) is 4.66. The quantitative estimate of drug-likeness (QED) is 0.578. The highest BCUT2D eigenvalue weighted by Crippen LogP contribution is 2.12. The number of rotatable bonds is 6. The minimum atomic E-state index is -0.558. The number of piperazine rings is 1. The summed E-state index contributed by atoms with van der Waals surface area (Å²) >= 11 is 0. The molecule has 8 nitrogen and oxygen atoms in total. The third-order valence-electron chi connectivity index (χ3n) is 6.13. The molecule has 0 unspecified atom stereocenters. The van der Waals surface area contributed by atoms with E-state index < -0.39 is 11.1 Å². The molecule has 2 aromatic carbocycles. The molecule has 1 aliphatic rings. The summed E-state index contributed by atoms with van der Waals surface area (Å²) < 4.78 is 2.87. The van der Waals surface area contributed by atoms with Gasteiger partial charge in [-0.3, -0.25) is 23.9 Å². The monoisotopic (exact) mass is 435 g/mol. The fourth-order valence-corrected chi connectivity index (χ4v) is 4.06. The van der Waals surface area contributed by atoms with Gasteiger partial charge in [-0.15, -0.1) is 0 Å². The van der Waals surface area contributed by atoms with Gasteiger partial charge in [0.1, 0.15) is 0 Å². The molecule has 1 amide bonds. The van der Waals surface area contributed by atoms with Crippen LogP contribution in [0.1, 0.15) is 15.9 Å². The van der Waals surface area contributed by atoms with Crippen LogP contribution in [0.3, 0.4) is 0 Å². The molecule has 1 aromatic heterocycles. The predicted molar refractivity (Wildman–Crippen MR) is 125 cm³/mol. The molecule has 168 valence electrons. The molecule has 32 heavy (non-hydrogen) atoms. The second kappa shape index (κ2) is 9.50. The molecule has 1 saturated heterocycles. The number of nitrogens with one attached hydrogen (secondary N) is 1. The average molecular weight is 436 g/mol. The molecule has 0 saturated carbocycles. The number of nitrogens with zero attached hydrogens (tertiary/aromatic N) is 4. The van der Waals surface area contributed by atoms with E-state index in [1.54, 1.807) is 19.2 Å². The zero-order valence-corrected chi connectivity index (χ0v) is 18.6. The maximum absolute atomic E-state index is 12.6. The van der Waals surface area contributed by atoms with E-state index in [2.05, 4.69) is 22.2 Å². The minimum Gasteiger partial charge on any atom is -0.351 e. The van der Waals surface area contributed by atoms with Crippen molar-refractivity contribution in [2.45, 2.75) is 6.54 Å². The Bertz CT molecular complexity index is 1220. The van der Waals surface area contributed by atoms with Crippen molar-refractivity contribution in [2.24, 2.45) is 7.05 Å². The molecule has 1 fully saturated rings. The Labute approximate surface area is 186 Å². The van der Waals surface area contributed by atoms with Crippen LogP contribution in [0.25, 0.3) is 11.0 Å². The Morgan fingerprint density at radius 2 is 1.53 bits per heavy atom. The van der Waals surface area contributed by atoms with Crippen molar-refractivity contribution in [3.63, 3.8) is 0 Å². The Hall–Kier alpha value is -3.23. The van der Waals surface area contributed by atoms with Gasteiger partial charge in [0.25, 0.3) is 5.91 Å². The summed E-state index contributed by atoms with van der Waals surface area (Å²) in [6.45, 7) is 5.88. The smallest absolute Gasteiger partial charge is 0.317 e. The van der Waals surface area contributed by atoms with E-state index in [1.807, 2.05) is 36.4 Å². The lowest BCUT2D eigenvalue weighted by atomic mass is 10.1. The SMILES string of the molecule is CN1CCN(CCNC(=O)c2ccc(Cn3c(=O)c(=O)n(C)c4ccccc43)cc2)CC1. The number of fused-ring (bicyclic) bond motifs is 1. The lowest BCUT2D eigenvalue weighted by Gasteiger charge is -2.32. The van der Waals surface area contributed by atoms with Crippen LogP contribution < -0.4 is 16.4 Å². The normalized spacial score (nSPS) is 15.2. The Morgan fingerprint density at radius 3 is 2.22 bits per heavy atom. The lowest BCUT2D eigenvalue weighted by Crippen LogP contribution is -2.46. The molecule has 0 atom stereocenters. The summed E-state index contributed by atoms with van der Waals surface area (Å²) in [6.07, 6.45) is 0. The van der Waals surface area contributed by atoms with Crippen molar-refractivity contribution >= 4 is 16.9 Å². The first-order valence-corrected chi connectivity index (χ1v) is 10.9. The largest absolute Gasteiger partial charge is 0.351 e. The molecule has 1 N–H and O–H groups in total. The Morgan fingerprint density at radius 1 is 0.875 bits per heavy atom. The van der Waals surface area contributed by atoms with Crippen LogP contribution in [0, 0.1) is 0 Å². The van der Waals surface area contributed by atoms with Gasteiger partial charge in [0, 0.05) is 51.9 Å². The van der Waals surface area contributed by atoms with Crippen molar-refractivity contribution < 1.29 is 4.79 Å². The van der Waals surface area contributed by atoms with Crippen LogP contribution in [-0.2, 0) is 13.6 Å². The number of likely N-dealkylation sites (N-methyl/N-ethyl adjacent to an activating group) is 1. The molecule has 1 aliphatic heterocycles. The van der Waals surface area contributed by atoms with Gasteiger partial charge < -0.3 is 14.8 Å². The van der Waals surface area contributed by atoms with E-state index in [9.17, 15) is 14.4 Å². The number of benzene rings is 2. The number of carbonyl (C=O) groups excluding carboxylic acids is 1. The van der Waals surface area contributed by atoms with Crippen LogP contribution >= 0.6 is 0 Å². The highest BCUT2D eigenvalue weighted by molar-refractivity contribution is 5.94. The summed E-state index contributed by atoms with van der Waals surface area (Å²) in [7, 11) is 3.73. The highest BCUT2D eigenvalue weighted by Gasteiger charge is 2.14. The second-order valence-electron chi connectivity index (χ2n) is 8.34. The first-order chi connectivity index (χ1) is 15.4. The zero-order valence-electron chi connectivity index (χ0n) is 18.6. The van der Waals surface area contributed by atoms with Crippen molar-refractivity contribution in [1.29, 1.82) is 0 Å². The van der Waals surface area contributed by atoms with Gasteiger partial charge in [0.2, 0.25) is 0 Å². The number of aryl methyl sites for hydroxylation is 1. The van der Waals surface area contributed by atoms with Crippen molar-refractivity contribution in [1.82, 2.24) is 24.3 Å². The summed E-state index contributed by atoms with van der Waals surface area (Å²) in [5.41, 5.74) is 1.71. The number of para-hydroxylation sites is 2. The van der Waals surface area contributed by atoms with E-state index in [4.69, 9.17) is 0 Å². The van der Waals surface area contributed by atoms with Gasteiger partial charge in [0.05, 0.1) is 17.6 Å². The highest BCUT2D eigenvalue weighted by atomic mass is 16.2. The minimum absolute atomic E-state index is 0.109. The van der Waals surface area contributed by atoms with E-state index in [-0.39, 0.29) is 12.5 Å². The van der Waals surface area contributed by atoms with Gasteiger partial charge >= 0.3 is 11.1 Å². The Balaban J connectivity index is 1.42. The molecular formula is C24H29N5O3. The average Bonchev–Trinajstić information content (AvgIpc) is 2.82. The van der Waals surface area contributed by atoms with Crippen molar-refractivity contribution in [2.75, 3.05) is 46.3 Å². The summed E-state index contributed by atoms with van der Waals surface area (Å²) in [5, 5.41) is 2.98.